The number of likely N-dealkylation sites (N-methyl/N-ethyl adjacent to an activating group) is 1. The fourth-order valence-corrected chi connectivity index (χ4v) is 3.18. The molecule has 2 heterocycles. The summed E-state index contributed by atoms with van der Waals surface area (Å²) in [7, 11) is 5.83. The van der Waals surface area contributed by atoms with E-state index in [1.54, 1.807) is 7.11 Å². The van der Waals surface area contributed by atoms with Gasteiger partial charge in [0.2, 0.25) is 0 Å². The van der Waals surface area contributed by atoms with Crippen LogP contribution >= 0.6 is 0 Å². The Morgan fingerprint density at radius 3 is 2.61 bits per heavy atom. The first-order chi connectivity index (χ1) is 13.5. The van der Waals surface area contributed by atoms with E-state index in [4.69, 9.17) is 4.74 Å². The van der Waals surface area contributed by atoms with Crippen LogP contribution in [0.4, 0.5) is 5.82 Å². The summed E-state index contributed by atoms with van der Waals surface area (Å²) in [6, 6.07) is 12.2. The molecule has 2 aromatic heterocycles. The number of nitrogens with one attached hydrogen (secondary N) is 1. The molecule has 3 aromatic rings. The second-order valence-electron chi connectivity index (χ2n) is 6.84. The van der Waals surface area contributed by atoms with Crippen LogP contribution in [-0.2, 0) is 6.54 Å². The molecule has 0 aliphatic rings. The van der Waals surface area contributed by atoms with Gasteiger partial charge in [-0.05, 0) is 40.1 Å². The summed E-state index contributed by atoms with van der Waals surface area (Å²) in [6.45, 7) is 5.48. The number of hydrogen-bond donors (Lipinski definition) is 1. The van der Waals surface area contributed by atoms with Gasteiger partial charge in [0.1, 0.15) is 23.1 Å². The zero-order valence-corrected chi connectivity index (χ0v) is 17.2. The van der Waals surface area contributed by atoms with Crippen molar-refractivity contribution in [2.45, 2.75) is 26.4 Å². The van der Waals surface area contributed by atoms with Crippen LogP contribution in [0.15, 0.2) is 42.6 Å². The number of aromatic nitrogens is 4. The number of methoxy groups -OCH3 is 1. The quantitative estimate of drug-likeness (QED) is 0.646. The van der Waals surface area contributed by atoms with E-state index in [0.717, 1.165) is 35.1 Å². The molecule has 3 rings (SSSR count). The molecular formula is C21H28N6O. The van der Waals surface area contributed by atoms with Gasteiger partial charge in [0.25, 0.3) is 0 Å². The molecule has 0 bridgehead atoms. The van der Waals surface area contributed by atoms with E-state index in [9.17, 15) is 0 Å². The first-order valence-corrected chi connectivity index (χ1v) is 9.44. The van der Waals surface area contributed by atoms with Crippen LogP contribution in [0.2, 0.25) is 0 Å². The molecule has 28 heavy (non-hydrogen) atoms. The van der Waals surface area contributed by atoms with Crippen molar-refractivity contribution in [3.05, 3.63) is 54.0 Å². The summed E-state index contributed by atoms with van der Waals surface area (Å²) in [5, 5.41) is 8.01. The van der Waals surface area contributed by atoms with Crippen LogP contribution < -0.4 is 10.1 Å². The average Bonchev–Trinajstić information content (AvgIpc) is 3.17. The van der Waals surface area contributed by atoms with E-state index in [2.05, 4.69) is 52.4 Å². The van der Waals surface area contributed by atoms with Gasteiger partial charge >= 0.3 is 0 Å². The van der Waals surface area contributed by atoms with Gasteiger partial charge in [-0.3, -0.25) is 4.68 Å². The van der Waals surface area contributed by atoms with Crippen molar-refractivity contribution >= 4 is 5.82 Å². The van der Waals surface area contributed by atoms with Crippen LogP contribution in [0.5, 0.6) is 5.75 Å². The third-order valence-electron chi connectivity index (χ3n) is 4.66. The van der Waals surface area contributed by atoms with Crippen molar-refractivity contribution < 1.29 is 4.74 Å². The van der Waals surface area contributed by atoms with Crippen LogP contribution in [0.3, 0.4) is 0 Å². The monoisotopic (exact) mass is 380 g/mol. The Labute approximate surface area is 166 Å². The molecule has 0 amide bonds. The van der Waals surface area contributed by atoms with Crippen LogP contribution in [-0.4, -0.2) is 52.4 Å². The van der Waals surface area contributed by atoms with Crippen molar-refractivity contribution in [2.24, 2.45) is 0 Å². The Bertz CT molecular complexity index is 921. The third kappa shape index (κ3) is 4.48. The number of para-hydroxylation sites is 1. The Balaban J connectivity index is 1.82. The van der Waals surface area contributed by atoms with Gasteiger partial charge in [-0.1, -0.05) is 18.2 Å². The number of hydrogen-bond acceptors (Lipinski definition) is 6. The fourth-order valence-electron chi connectivity index (χ4n) is 3.18. The number of rotatable bonds is 8. The van der Waals surface area contributed by atoms with E-state index in [1.807, 2.05) is 48.1 Å². The summed E-state index contributed by atoms with van der Waals surface area (Å²) in [6.07, 6.45) is 1.96. The number of ether oxygens (including phenoxy) is 1. The van der Waals surface area contributed by atoms with E-state index in [1.165, 1.54) is 0 Å². The molecule has 0 radical (unpaired) electrons. The van der Waals surface area contributed by atoms with Gasteiger partial charge in [0, 0.05) is 30.9 Å². The second-order valence-corrected chi connectivity index (χ2v) is 6.84. The highest BCUT2D eigenvalue weighted by Crippen LogP contribution is 2.28. The molecule has 0 saturated heterocycles. The van der Waals surface area contributed by atoms with Gasteiger partial charge in [-0.2, -0.15) is 5.10 Å². The number of nitrogens with zero attached hydrogens (tertiary/aromatic N) is 5. The maximum atomic E-state index is 5.55. The standard InChI is InChI=1S/C21H28N6O/c1-6-27-12-11-17(25-27)18-13-21(24-15(2)23-18)22-14-19(26(3)4)16-9-7-8-10-20(16)28-5/h7-13,19H,6,14H2,1-5H3,(H,22,23,24). The topological polar surface area (TPSA) is 68.1 Å². The Morgan fingerprint density at radius 1 is 1.14 bits per heavy atom. The lowest BCUT2D eigenvalue weighted by Crippen LogP contribution is -2.27. The van der Waals surface area contributed by atoms with E-state index in [-0.39, 0.29) is 6.04 Å². The normalized spacial score (nSPS) is 12.2. The maximum absolute atomic E-state index is 5.55. The van der Waals surface area contributed by atoms with Gasteiger partial charge in [0.05, 0.1) is 18.8 Å². The Hall–Kier alpha value is -2.93. The molecule has 148 valence electrons. The zero-order valence-electron chi connectivity index (χ0n) is 17.2. The molecule has 0 spiro atoms. The highest BCUT2D eigenvalue weighted by atomic mass is 16.5. The predicted octanol–water partition coefficient (Wildman–Crippen LogP) is 3.39. The van der Waals surface area contributed by atoms with Crippen LogP contribution in [0.25, 0.3) is 11.4 Å². The number of benzene rings is 1. The van der Waals surface area contributed by atoms with Gasteiger partial charge in [0.15, 0.2) is 0 Å². The van der Waals surface area contributed by atoms with Crippen molar-refractivity contribution in [3.63, 3.8) is 0 Å². The lowest BCUT2D eigenvalue weighted by molar-refractivity contribution is 0.300. The lowest BCUT2D eigenvalue weighted by atomic mass is 10.0. The molecule has 7 nitrogen and oxygen atoms in total. The second kappa shape index (κ2) is 8.84. The molecule has 1 aromatic carbocycles. The van der Waals surface area contributed by atoms with Crippen LogP contribution in [0, 0.1) is 6.92 Å². The SMILES string of the molecule is CCn1ccc(-c2cc(NCC(c3ccccc3OC)N(C)C)nc(C)n2)n1. The minimum atomic E-state index is 0.133. The lowest BCUT2D eigenvalue weighted by Gasteiger charge is -2.26. The molecule has 1 atom stereocenters. The van der Waals surface area contributed by atoms with E-state index >= 15 is 0 Å². The summed E-state index contributed by atoms with van der Waals surface area (Å²) >= 11 is 0. The maximum Gasteiger partial charge on any atom is 0.130 e. The highest BCUT2D eigenvalue weighted by molar-refractivity contribution is 5.58. The van der Waals surface area contributed by atoms with Crippen LogP contribution in [0.1, 0.15) is 24.4 Å². The number of anilines is 1. The molecule has 0 saturated carbocycles. The van der Waals surface area contributed by atoms with Crippen molar-refractivity contribution in [1.82, 2.24) is 24.6 Å². The smallest absolute Gasteiger partial charge is 0.130 e. The molecule has 0 fully saturated rings. The number of aryl methyl sites for hydroxylation is 2. The minimum Gasteiger partial charge on any atom is -0.496 e. The van der Waals surface area contributed by atoms with Crippen molar-refractivity contribution in [2.75, 3.05) is 33.1 Å². The van der Waals surface area contributed by atoms with Crippen molar-refractivity contribution in [1.29, 1.82) is 0 Å². The first-order valence-electron chi connectivity index (χ1n) is 9.44. The third-order valence-corrected chi connectivity index (χ3v) is 4.66. The molecular weight excluding hydrogens is 352 g/mol. The highest BCUT2D eigenvalue weighted by Gasteiger charge is 2.18. The van der Waals surface area contributed by atoms with Gasteiger partial charge < -0.3 is 15.0 Å². The summed E-state index contributed by atoms with van der Waals surface area (Å²) in [4.78, 5) is 11.3. The fraction of sp³-hybridized carbons (Fsp3) is 0.381. The Morgan fingerprint density at radius 2 is 1.93 bits per heavy atom. The Kier molecular flexibility index (Phi) is 6.26. The zero-order chi connectivity index (χ0) is 20.1. The first kappa shape index (κ1) is 19.8. The molecule has 1 N–H and O–H groups in total. The molecule has 1 unspecified atom stereocenters. The largest absolute Gasteiger partial charge is 0.496 e. The van der Waals surface area contributed by atoms with E-state index in [0.29, 0.717) is 12.4 Å². The van der Waals surface area contributed by atoms with Gasteiger partial charge in [-0.25, -0.2) is 9.97 Å². The predicted molar refractivity (Wildman–Crippen MR) is 112 cm³/mol. The summed E-state index contributed by atoms with van der Waals surface area (Å²) in [5.74, 6) is 2.38. The minimum absolute atomic E-state index is 0.133. The summed E-state index contributed by atoms with van der Waals surface area (Å²) < 4.78 is 7.44. The van der Waals surface area contributed by atoms with Crippen molar-refractivity contribution in [3.8, 4) is 17.1 Å². The molecule has 0 aliphatic carbocycles. The van der Waals surface area contributed by atoms with Gasteiger partial charge in [-0.15, -0.1) is 0 Å². The average molecular weight is 380 g/mol. The van der Waals surface area contributed by atoms with E-state index < -0.39 is 0 Å². The molecule has 7 heteroatoms. The molecule has 0 aliphatic heterocycles. The summed E-state index contributed by atoms with van der Waals surface area (Å²) in [5.41, 5.74) is 2.81.